The van der Waals surface area contributed by atoms with Crippen molar-refractivity contribution in [3.8, 4) is 22.5 Å². The summed E-state index contributed by atoms with van der Waals surface area (Å²) in [5.41, 5.74) is 5.31. The van der Waals surface area contributed by atoms with Gasteiger partial charge in [-0.3, -0.25) is 9.97 Å². The van der Waals surface area contributed by atoms with Gasteiger partial charge in [0.1, 0.15) is 5.82 Å². The number of aromatic nitrogens is 4. The van der Waals surface area contributed by atoms with E-state index in [1.165, 1.54) is 12.1 Å². The van der Waals surface area contributed by atoms with Crippen LogP contribution in [-0.4, -0.2) is 19.9 Å². The predicted octanol–water partition coefficient (Wildman–Crippen LogP) is 5.81. The van der Waals surface area contributed by atoms with Crippen LogP contribution in [0.1, 0.15) is 0 Å². The topological polar surface area (TPSA) is 54.8 Å². The molecule has 0 N–H and O–H groups in total. The normalized spacial score (nSPS) is 10.3. The van der Waals surface area contributed by atoms with Gasteiger partial charge in [0.15, 0.2) is 0 Å². The van der Waals surface area contributed by atoms with Crippen LogP contribution >= 0.6 is 0 Å². The summed E-state index contributed by atoms with van der Waals surface area (Å²) < 4.78 is 13.7. The summed E-state index contributed by atoms with van der Waals surface area (Å²) in [6.07, 6.45) is 9.94. The standard InChI is InChI=1S/C26H16FN5.Pt/c27-21-7-9-22(10-8-21)32(23-5-1-3-19(15-23)25-17-28-11-13-30-25)24-6-2-4-20(16-24)26-18-29-12-14-31-26;/h1-14,17-18H;/q-2;+2. The minimum absolute atomic E-state index is 0. The van der Waals surface area contributed by atoms with Gasteiger partial charge in [-0.05, 0) is 35.6 Å². The first-order valence-electron chi connectivity index (χ1n) is 9.91. The van der Waals surface area contributed by atoms with Crippen LogP contribution in [0, 0.1) is 17.9 Å². The number of benzene rings is 3. The molecular formula is C26H16FN5Pt. The molecule has 0 unspecified atom stereocenters. The van der Waals surface area contributed by atoms with E-state index in [-0.39, 0.29) is 26.9 Å². The summed E-state index contributed by atoms with van der Waals surface area (Å²) in [7, 11) is 0. The quantitative estimate of drug-likeness (QED) is 0.235. The van der Waals surface area contributed by atoms with Crippen LogP contribution in [0.3, 0.4) is 0 Å². The number of hydrogen-bond acceptors (Lipinski definition) is 5. The first-order valence-corrected chi connectivity index (χ1v) is 9.91. The van der Waals surface area contributed by atoms with Crippen molar-refractivity contribution in [2.75, 3.05) is 4.90 Å². The Morgan fingerprint density at radius 1 is 0.636 bits per heavy atom. The van der Waals surface area contributed by atoms with Gasteiger partial charge in [0.05, 0.1) is 0 Å². The van der Waals surface area contributed by atoms with Crippen LogP contribution in [0.5, 0.6) is 0 Å². The Morgan fingerprint density at radius 2 is 1.15 bits per heavy atom. The maximum atomic E-state index is 13.7. The molecular weight excluding hydrogens is 596 g/mol. The molecule has 0 amide bonds. The van der Waals surface area contributed by atoms with E-state index in [0.29, 0.717) is 11.4 Å². The molecule has 0 aliphatic carbocycles. The molecule has 5 nitrogen and oxygen atoms in total. The Hall–Kier alpha value is -3.76. The SMILES string of the molecule is Fc1ccc(N(c2[c-]c(-c3cnccn3)ccc2)c2[c-]c(-c3cnccn3)ccc2)cc1.[Pt+2]. The Balaban J connectivity index is 0.00000259. The maximum Gasteiger partial charge on any atom is 2.00 e. The van der Waals surface area contributed by atoms with Gasteiger partial charge >= 0.3 is 21.1 Å². The van der Waals surface area contributed by atoms with Crippen molar-refractivity contribution in [3.63, 3.8) is 0 Å². The molecule has 0 aliphatic rings. The molecule has 0 fully saturated rings. The van der Waals surface area contributed by atoms with E-state index in [0.717, 1.165) is 28.2 Å². The molecule has 0 radical (unpaired) electrons. The van der Waals surface area contributed by atoms with E-state index >= 15 is 0 Å². The fourth-order valence-electron chi connectivity index (χ4n) is 3.35. The average Bonchev–Trinajstić information content (AvgIpc) is 2.87. The van der Waals surface area contributed by atoms with Gasteiger partial charge in [0, 0.05) is 54.3 Å². The molecule has 2 aromatic heterocycles. The smallest absolute Gasteiger partial charge is 0.346 e. The molecule has 33 heavy (non-hydrogen) atoms. The minimum atomic E-state index is -0.303. The Labute approximate surface area is 205 Å². The summed E-state index contributed by atoms with van der Waals surface area (Å²) in [4.78, 5) is 19.0. The van der Waals surface area contributed by atoms with E-state index < -0.39 is 0 Å². The molecule has 0 atom stereocenters. The summed E-state index contributed by atoms with van der Waals surface area (Å²) in [6.45, 7) is 0. The number of hydrogen-bond donors (Lipinski definition) is 0. The Kier molecular flexibility index (Phi) is 6.96. The van der Waals surface area contributed by atoms with Gasteiger partial charge in [0.25, 0.3) is 0 Å². The Morgan fingerprint density at radius 3 is 1.61 bits per heavy atom. The van der Waals surface area contributed by atoms with Gasteiger partial charge in [-0.2, -0.15) is 0 Å². The van der Waals surface area contributed by atoms with Crippen LogP contribution in [0.25, 0.3) is 22.5 Å². The Bertz CT molecular complexity index is 1250. The van der Waals surface area contributed by atoms with E-state index in [9.17, 15) is 4.39 Å². The zero-order valence-electron chi connectivity index (χ0n) is 17.2. The second-order valence-corrected chi connectivity index (χ2v) is 6.89. The van der Waals surface area contributed by atoms with Crippen molar-refractivity contribution in [2.45, 2.75) is 0 Å². The molecule has 5 aromatic rings. The number of halogens is 1. The molecule has 0 spiro atoms. The third-order valence-corrected chi connectivity index (χ3v) is 4.80. The van der Waals surface area contributed by atoms with Crippen LogP contribution in [-0.2, 0) is 21.1 Å². The van der Waals surface area contributed by atoms with Crippen molar-refractivity contribution < 1.29 is 25.5 Å². The van der Waals surface area contributed by atoms with E-state index in [2.05, 4.69) is 32.1 Å². The monoisotopic (exact) mass is 612 g/mol. The van der Waals surface area contributed by atoms with Gasteiger partial charge in [-0.15, -0.1) is 59.7 Å². The molecule has 2 heterocycles. The van der Waals surface area contributed by atoms with Gasteiger partial charge in [0.2, 0.25) is 0 Å². The molecule has 5 rings (SSSR count). The largest absolute Gasteiger partial charge is 2.00 e. The third-order valence-electron chi connectivity index (χ3n) is 4.80. The second-order valence-electron chi connectivity index (χ2n) is 6.89. The zero-order valence-corrected chi connectivity index (χ0v) is 19.4. The van der Waals surface area contributed by atoms with Gasteiger partial charge < -0.3 is 14.9 Å². The number of nitrogens with zero attached hydrogens (tertiary/aromatic N) is 5. The molecule has 3 aromatic carbocycles. The molecule has 162 valence electrons. The van der Waals surface area contributed by atoms with Crippen molar-refractivity contribution in [3.05, 3.63) is 116 Å². The van der Waals surface area contributed by atoms with E-state index in [4.69, 9.17) is 0 Å². The molecule has 7 heteroatoms. The number of rotatable bonds is 5. The molecule has 0 aliphatic heterocycles. The maximum absolute atomic E-state index is 13.7. The van der Waals surface area contributed by atoms with Crippen molar-refractivity contribution in [1.82, 2.24) is 19.9 Å². The third kappa shape index (κ3) is 5.02. The van der Waals surface area contributed by atoms with Crippen LogP contribution in [0.2, 0.25) is 0 Å². The molecule has 0 bridgehead atoms. The van der Waals surface area contributed by atoms with Crippen LogP contribution < -0.4 is 4.90 Å². The van der Waals surface area contributed by atoms with Crippen molar-refractivity contribution in [2.24, 2.45) is 0 Å². The van der Waals surface area contributed by atoms with Crippen LogP contribution in [0.4, 0.5) is 21.5 Å². The summed E-state index contributed by atoms with van der Waals surface area (Å²) >= 11 is 0. The van der Waals surface area contributed by atoms with E-state index in [1.54, 1.807) is 49.3 Å². The van der Waals surface area contributed by atoms with Crippen molar-refractivity contribution >= 4 is 17.1 Å². The van der Waals surface area contributed by atoms with E-state index in [1.807, 2.05) is 41.3 Å². The van der Waals surface area contributed by atoms with Gasteiger partial charge in [-0.25, -0.2) is 4.39 Å². The van der Waals surface area contributed by atoms with Crippen LogP contribution in [0.15, 0.2) is 97.8 Å². The zero-order chi connectivity index (χ0) is 21.8. The summed E-state index contributed by atoms with van der Waals surface area (Å²) in [6, 6.07) is 24.7. The minimum Gasteiger partial charge on any atom is -0.346 e. The fraction of sp³-hybridized carbons (Fsp3) is 0. The average molecular weight is 613 g/mol. The first kappa shape index (κ1) is 22.4. The van der Waals surface area contributed by atoms with Gasteiger partial charge in [-0.1, -0.05) is 0 Å². The molecule has 0 saturated carbocycles. The first-order chi connectivity index (χ1) is 15.8. The fourth-order valence-corrected chi connectivity index (χ4v) is 3.35. The molecule has 0 saturated heterocycles. The summed E-state index contributed by atoms with van der Waals surface area (Å²) in [5.74, 6) is -0.303. The number of anilines is 3. The van der Waals surface area contributed by atoms with Crippen molar-refractivity contribution in [1.29, 1.82) is 0 Å². The predicted molar refractivity (Wildman–Crippen MR) is 121 cm³/mol. The summed E-state index contributed by atoms with van der Waals surface area (Å²) in [5, 5.41) is 0. The second kappa shape index (κ2) is 10.2.